The standard InChI is InChI=1S/C7H13N2P/c1-7(2)3-4-8-5-9-6-10/h3-4,6,8H,1,5,10H2,2H3/b4-3-,9-6?. The second-order valence-corrected chi connectivity index (χ2v) is 2.17. The van der Waals surface area contributed by atoms with Gasteiger partial charge in [-0.2, -0.15) is 0 Å². The van der Waals surface area contributed by atoms with Crippen molar-refractivity contribution in [2.45, 2.75) is 6.92 Å². The SMILES string of the molecule is C=C(C)/C=C\NCN=CP. The lowest BCUT2D eigenvalue weighted by Gasteiger charge is -1.91. The summed E-state index contributed by atoms with van der Waals surface area (Å²) in [4.78, 5) is 3.91. The van der Waals surface area contributed by atoms with Gasteiger partial charge in [0.1, 0.15) is 6.67 Å². The van der Waals surface area contributed by atoms with Gasteiger partial charge in [0.2, 0.25) is 0 Å². The summed E-state index contributed by atoms with van der Waals surface area (Å²) in [6.45, 7) is 6.26. The molecule has 1 N–H and O–H groups in total. The Hall–Kier alpha value is -0.620. The summed E-state index contributed by atoms with van der Waals surface area (Å²) < 4.78 is 0. The lowest BCUT2D eigenvalue weighted by Crippen LogP contribution is -2.03. The fourth-order valence-corrected chi connectivity index (χ4v) is 0.465. The van der Waals surface area contributed by atoms with Crippen molar-refractivity contribution < 1.29 is 0 Å². The largest absolute Gasteiger partial charge is 0.372 e. The van der Waals surface area contributed by atoms with Crippen molar-refractivity contribution in [3.8, 4) is 0 Å². The highest BCUT2D eigenvalue weighted by molar-refractivity contribution is 7.36. The van der Waals surface area contributed by atoms with Crippen LogP contribution in [0.25, 0.3) is 0 Å². The van der Waals surface area contributed by atoms with Crippen LogP contribution in [-0.2, 0) is 0 Å². The molecular weight excluding hydrogens is 143 g/mol. The Morgan fingerprint density at radius 2 is 2.50 bits per heavy atom. The number of nitrogens with zero attached hydrogens (tertiary/aromatic N) is 1. The molecule has 0 aliphatic rings. The van der Waals surface area contributed by atoms with Gasteiger partial charge in [0.15, 0.2) is 0 Å². The van der Waals surface area contributed by atoms with Gasteiger partial charge in [0.05, 0.1) is 0 Å². The van der Waals surface area contributed by atoms with Crippen LogP contribution in [0.15, 0.2) is 29.4 Å². The van der Waals surface area contributed by atoms with Crippen molar-refractivity contribution in [1.82, 2.24) is 5.32 Å². The van der Waals surface area contributed by atoms with E-state index < -0.39 is 0 Å². The zero-order valence-corrected chi connectivity index (χ0v) is 7.33. The molecule has 10 heavy (non-hydrogen) atoms. The van der Waals surface area contributed by atoms with Crippen LogP contribution >= 0.6 is 9.24 Å². The second-order valence-electron chi connectivity index (χ2n) is 1.87. The molecule has 0 aliphatic heterocycles. The van der Waals surface area contributed by atoms with E-state index in [9.17, 15) is 0 Å². The minimum atomic E-state index is 0.618. The van der Waals surface area contributed by atoms with E-state index in [0.29, 0.717) is 6.67 Å². The first-order chi connectivity index (χ1) is 4.77. The molecule has 0 aromatic rings. The first-order valence-electron chi connectivity index (χ1n) is 3.03. The molecule has 0 aliphatic carbocycles. The Kier molecular flexibility index (Phi) is 6.10. The summed E-state index contributed by atoms with van der Waals surface area (Å²) in [6, 6.07) is 0. The van der Waals surface area contributed by atoms with E-state index in [-0.39, 0.29) is 0 Å². The lowest BCUT2D eigenvalue weighted by molar-refractivity contribution is 0.889. The quantitative estimate of drug-likeness (QED) is 0.284. The molecule has 0 amide bonds. The van der Waals surface area contributed by atoms with Crippen molar-refractivity contribution in [1.29, 1.82) is 0 Å². The van der Waals surface area contributed by atoms with Crippen molar-refractivity contribution in [2.24, 2.45) is 4.99 Å². The second kappa shape index (κ2) is 6.50. The third-order valence-electron chi connectivity index (χ3n) is 0.774. The minimum absolute atomic E-state index is 0.618. The highest BCUT2D eigenvalue weighted by atomic mass is 31.0. The topological polar surface area (TPSA) is 24.4 Å². The van der Waals surface area contributed by atoms with E-state index in [2.05, 4.69) is 26.1 Å². The highest BCUT2D eigenvalue weighted by Crippen LogP contribution is 1.85. The van der Waals surface area contributed by atoms with Crippen molar-refractivity contribution in [3.05, 3.63) is 24.4 Å². The maximum Gasteiger partial charge on any atom is 0.107 e. The molecule has 0 rings (SSSR count). The van der Waals surface area contributed by atoms with Gasteiger partial charge >= 0.3 is 0 Å². The molecule has 0 radical (unpaired) electrons. The predicted octanol–water partition coefficient (Wildman–Crippen LogP) is 1.53. The van der Waals surface area contributed by atoms with Gasteiger partial charge in [-0.25, -0.2) is 0 Å². The summed E-state index contributed by atoms with van der Waals surface area (Å²) in [5, 5.41) is 2.96. The first-order valence-corrected chi connectivity index (χ1v) is 3.69. The van der Waals surface area contributed by atoms with E-state index >= 15 is 0 Å². The Labute approximate surface area is 64.3 Å². The summed E-state index contributed by atoms with van der Waals surface area (Å²) in [5.41, 5.74) is 1.03. The normalized spacial score (nSPS) is 11.0. The fourth-order valence-electron chi connectivity index (χ4n) is 0.359. The molecule has 0 saturated heterocycles. The highest BCUT2D eigenvalue weighted by Gasteiger charge is 1.72. The smallest absolute Gasteiger partial charge is 0.107 e. The van der Waals surface area contributed by atoms with E-state index in [4.69, 9.17) is 0 Å². The molecule has 0 spiro atoms. The third-order valence-corrected chi connectivity index (χ3v) is 0.985. The van der Waals surface area contributed by atoms with Gasteiger partial charge in [0.25, 0.3) is 0 Å². The van der Waals surface area contributed by atoms with E-state index in [1.807, 2.05) is 19.2 Å². The molecule has 3 heteroatoms. The van der Waals surface area contributed by atoms with Crippen molar-refractivity contribution >= 4 is 15.2 Å². The van der Waals surface area contributed by atoms with Crippen molar-refractivity contribution in [2.75, 3.05) is 6.67 Å². The number of rotatable bonds is 4. The van der Waals surface area contributed by atoms with Gasteiger partial charge in [-0.05, 0) is 19.2 Å². The molecular formula is C7H13N2P. The van der Waals surface area contributed by atoms with E-state index in [1.54, 1.807) is 5.96 Å². The molecule has 0 bridgehead atoms. The monoisotopic (exact) mass is 156 g/mol. The Morgan fingerprint density at radius 3 is 3.00 bits per heavy atom. The zero-order valence-electron chi connectivity index (χ0n) is 6.17. The fraction of sp³-hybridized carbons (Fsp3) is 0.286. The van der Waals surface area contributed by atoms with Crippen molar-refractivity contribution in [3.63, 3.8) is 0 Å². The lowest BCUT2D eigenvalue weighted by atomic mass is 10.3. The maximum atomic E-state index is 3.91. The van der Waals surface area contributed by atoms with Crippen LogP contribution in [0, 0.1) is 0 Å². The molecule has 0 saturated carbocycles. The van der Waals surface area contributed by atoms with Crippen LogP contribution in [0.5, 0.6) is 0 Å². The average molecular weight is 156 g/mol. The molecule has 1 unspecified atom stereocenters. The van der Waals surface area contributed by atoms with Crippen LogP contribution in [-0.4, -0.2) is 12.6 Å². The van der Waals surface area contributed by atoms with Crippen LogP contribution in [0.2, 0.25) is 0 Å². The van der Waals surface area contributed by atoms with Gasteiger partial charge < -0.3 is 5.32 Å². The summed E-state index contributed by atoms with van der Waals surface area (Å²) in [7, 11) is 2.41. The molecule has 0 heterocycles. The predicted molar refractivity (Wildman–Crippen MR) is 50.2 cm³/mol. The Morgan fingerprint density at radius 1 is 1.80 bits per heavy atom. The van der Waals surface area contributed by atoms with Gasteiger partial charge in [-0.1, -0.05) is 21.4 Å². The van der Waals surface area contributed by atoms with Gasteiger partial charge in [-0.15, -0.1) is 0 Å². The number of aliphatic imine (C=N–C) groups is 1. The minimum Gasteiger partial charge on any atom is -0.372 e. The zero-order chi connectivity index (χ0) is 7.82. The number of hydrogen-bond acceptors (Lipinski definition) is 2. The Bertz CT molecular complexity index is 150. The molecule has 0 aromatic carbocycles. The average Bonchev–Trinajstić information content (AvgIpc) is 1.87. The molecule has 1 atom stereocenters. The van der Waals surface area contributed by atoms with Crippen LogP contribution < -0.4 is 5.32 Å². The number of hydrogen-bond donors (Lipinski definition) is 1. The summed E-state index contributed by atoms with van der Waals surface area (Å²) in [6.07, 6.45) is 3.73. The van der Waals surface area contributed by atoms with Gasteiger partial charge in [-0.3, -0.25) is 4.99 Å². The van der Waals surface area contributed by atoms with Crippen LogP contribution in [0.4, 0.5) is 0 Å². The van der Waals surface area contributed by atoms with Crippen LogP contribution in [0.1, 0.15) is 6.92 Å². The van der Waals surface area contributed by atoms with Gasteiger partial charge in [0, 0.05) is 5.96 Å². The van der Waals surface area contributed by atoms with Crippen LogP contribution in [0.3, 0.4) is 0 Å². The third kappa shape index (κ3) is 7.38. The van der Waals surface area contributed by atoms with E-state index in [0.717, 1.165) is 5.57 Å². The molecule has 2 nitrogen and oxygen atoms in total. The summed E-state index contributed by atoms with van der Waals surface area (Å²) >= 11 is 0. The molecule has 56 valence electrons. The Balaban J connectivity index is 3.27. The molecule has 0 aromatic heterocycles. The molecule has 0 fully saturated rings. The summed E-state index contributed by atoms with van der Waals surface area (Å²) in [5.74, 6) is 1.68. The number of nitrogens with one attached hydrogen (secondary N) is 1. The number of allylic oxidation sites excluding steroid dienone is 2. The van der Waals surface area contributed by atoms with E-state index in [1.165, 1.54) is 0 Å². The maximum absolute atomic E-state index is 3.91. The first kappa shape index (κ1) is 9.38.